The molecule has 0 spiro atoms. The molecule has 1 aromatic heterocycles. The van der Waals surface area contributed by atoms with Crippen LogP contribution in [0.2, 0.25) is 0 Å². The Morgan fingerprint density at radius 2 is 2.15 bits per heavy atom. The second-order valence-corrected chi connectivity index (χ2v) is 6.20. The molecule has 110 valence electrons. The molecule has 6 nitrogen and oxygen atoms in total. The maximum atomic E-state index is 12.1. The molecule has 0 saturated carbocycles. The Kier molecular flexibility index (Phi) is 6.36. The van der Waals surface area contributed by atoms with E-state index in [2.05, 4.69) is 15.0 Å². The summed E-state index contributed by atoms with van der Waals surface area (Å²) < 4.78 is 26.8. The molecule has 0 unspecified atom stereocenters. The first-order valence-electron chi connectivity index (χ1n) is 6.19. The normalized spacial score (nSPS) is 16.1. The van der Waals surface area contributed by atoms with Gasteiger partial charge in [0.1, 0.15) is 6.07 Å². The van der Waals surface area contributed by atoms with Gasteiger partial charge in [-0.25, -0.2) is 18.1 Å². The summed E-state index contributed by atoms with van der Waals surface area (Å²) in [4.78, 5) is 3.80. The molecule has 1 saturated heterocycles. The minimum Gasteiger partial charge on any atom is -0.317 e. The van der Waals surface area contributed by atoms with Crippen LogP contribution in [-0.2, 0) is 10.0 Å². The average Bonchev–Trinajstić information content (AvgIpc) is 2.46. The number of hydrogen-bond acceptors (Lipinski definition) is 5. The van der Waals surface area contributed by atoms with Crippen molar-refractivity contribution in [1.82, 2.24) is 15.0 Å². The van der Waals surface area contributed by atoms with Gasteiger partial charge in [0.05, 0.1) is 5.56 Å². The number of rotatable bonds is 4. The Hall–Kier alpha value is -1.20. The van der Waals surface area contributed by atoms with Crippen molar-refractivity contribution in [2.75, 3.05) is 19.6 Å². The monoisotopic (exact) mass is 316 g/mol. The van der Waals surface area contributed by atoms with Gasteiger partial charge in [0.15, 0.2) is 5.03 Å². The summed E-state index contributed by atoms with van der Waals surface area (Å²) >= 11 is 0. The van der Waals surface area contributed by atoms with Gasteiger partial charge in [0.25, 0.3) is 10.0 Å². The van der Waals surface area contributed by atoms with Gasteiger partial charge in [-0.3, -0.25) is 0 Å². The van der Waals surface area contributed by atoms with E-state index in [1.54, 1.807) is 6.07 Å². The van der Waals surface area contributed by atoms with Crippen LogP contribution < -0.4 is 10.0 Å². The minimum absolute atomic E-state index is 0. The van der Waals surface area contributed by atoms with Gasteiger partial charge in [-0.2, -0.15) is 5.26 Å². The van der Waals surface area contributed by atoms with E-state index in [-0.39, 0.29) is 23.0 Å². The number of nitriles is 1. The average molecular weight is 317 g/mol. The van der Waals surface area contributed by atoms with Crippen LogP contribution in [0.3, 0.4) is 0 Å². The molecule has 0 bridgehead atoms. The first-order valence-corrected chi connectivity index (χ1v) is 7.67. The highest BCUT2D eigenvalue weighted by atomic mass is 35.5. The predicted octanol–water partition coefficient (Wildman–Crippen LogP) is 0.653. The van der Waals surface area contributed by atoms with E-state index in [9.17, 15) is 8.42 Å². The maximum Gasteiger partial charge on any atom is 0.259 e. The molecule has 0 amide bonds. The van der Waals surface area contributed by atoms with E-state index in [0.717, 1.165) is 25.9 Å². The Morgan fingerprint density at radius 3 is 2.80 bits per heavy atom. The molecule has 0 aromatic carbocycles. The van der Waals surface area contributed by atoms with Crippen molar-refractivity contribution in [1.29, 1.82) is 5.26 Å². The highest BCUT2D eigenvalue weighted by Crippen LogP contribution is 2.14. The molecule has 2 rings (SSSR count). The number of hydrogen-bond donors (Lipinski definition) is 2. The fourth-order valence-corrected chi connectivity index (χ4v) is 3.27. The number of halogens is 1. The zero-order valence-corrected chi connectivity index (χ0v) is 12.5. The summed E-state index contributed by atoms with van der Waals surface area (Å²) in [6, 6.07) is 4.84. The Labute approximate surface area is 125 Å². The summed E-state index contributed by atoms with van der Waals surface area (Å²) in [6.45, 7) is 2.23. The molecule has 2 N–H and O–H groups in total. The fourth-order valence-electron chi connectivity index (χ4n) is 2.07. The molecule has 1 aliphatic heterocycles. The van der Waals surface area contributed by atoms with Crippen molar-refractivity contribution in [3.05, 3.63) is 23.9 Å². The van der Waals surface area contributed by atoms with Crippen LogP contribution in [-0.4, -0.2) is 33.0 Å². The third-order valence-electron chi connectivity index (χ3n) is 3.17. The number of nitrogens with one attached hydrogen (secondary N) is 2. The van der Waals surface area contributed by atoms with Crippen molar-refractivity contribution < 1.29 is 8.42 Å². The Bertz CT molecular complexity index is 579. The number of sulfonamides is 1. The number of pyridine rings is 1. The van der Waals surface area contributed by atoms with E-state index in [1.807, 2.05) is 6.07 Å². The molecule has 1 aliphatic rings. The second-order valence-electron chi connectivity index (χ2n) is 4.51. The molecule has 8 heteroatoms. The van der Waals surface area contributed by atoms with Gasteiger partial charge in [-0.15, -0.1) is 12.4 Å². The van der Waals surface area contributed by atoms with Crippen molar-refractivity contribution >= 4 is 22.4 Å². The zero-order chi connectivity index (χ0) is 13.7. The van der Waals surface area contributed by atoms with Crippen LogP contribution in [0, 0.1) is 17.2 Å². The van der Waals surface area contributed by atoms with Crippen molar-refractivity contribution in [2.45, 2.75) is 17.9 Å². The van der Waals surface area contributed by atoms with Crippen LogP contribution in [0.15, 0.2) is 23.4 Å². The van der Waals surface area contributed by atoms with Gasteiger partial charge in [-0.1, -0.05) is 0 Å². The van der Waals surface area contributed by atoms with Gasteiger partial charge in [-0.05, 0) is 44.0 Å². The standard InChI is InChI=1S/C12H16N4O2S.ClH/c13-8-11-2-1-5-15-12(11)19(17,18)16-9-10-3-6-14-7-4-10;/h1-2,5,10,14,16H,3-4,6-7,9H2;1H. The van der Waals surface area contributed by atoms with E-state index in [4.69, 9.17) is 5.26 Å². The summed E-state index contributed by atoms with van der Waals surface area (Å²) in [5.74, 6) is 0.338. The Morgan fingerprint density at radius 1 is 1.45 bits per heavy atom. The summed E-state index contributed by atoms with van der Waals surface area (Å²) in [5, 5.41) is 11.9. The lowest BCUT2D eigenvalue weighted by atomic mass is 9.99. The van der Waals surface area contributed by atoms with Crippen LogP contribution in [0.1, 0.15) is 18.4 Å². The molecule has 2 heterocycles. The largest absolute Gasteiger partial charge is 0.317 e. The van der Waals surface area contributed by atoms with E-state index in [0.29, 0.717) is 12.5 Å². The zero-order valence-electron chi connectivity index (χ0n) is 10.9. The number of aromatic nitrogens is 1. The quantitative estimate of drug-likeness (QED) is 0.850. The van der Waals surface area contributed by atoms with Crippen LogP contribution in [0.5, 0.6) is 0 Å². The van der Waals surface area contributed by atoms with Gasteiger partial charge in [0.2, 0.25) is 0 Å². The lowest BCUT2D eigenvalue weighted by molar-refractivity contribution is 0.372. The summed E-state index contributed by atoms with van der Waals surface area (Å²) in [7, 11) is -3.71. The number of piperidine rings is 1. The first kappa shape index (κ1) is 16.9. The molecule has 1 fully saturated rings. The van der Waals surface area contributed by atoms with Gasteiger partial charge >= 0.3 is 0 Å². The molecule has 0 aliphatic carbocycles. The van der Waals surface area contributed by atoms with Gasteiger partial charge in [0, 0.05) is 12.7 Å². The number of nitrogens with zero attached hydrogens (tertiary/aromatic N) is 2. The van der Waals surface area contributed by atoms with Crippen molar-refractivity contribution in [3.8, 4) is 6.07 Å². The smallest absolute Gasteiger partial charge is 0.259 e. The molecule has 1 aromatic rings. The van der Waals surface area contributed by atoms with Crippen molar-refractivity contribution in [3.63, 3.8) is 0 Å². The third kappa shape index (κ3) is 4.15. The van der Waals surface area contributed by atoms with Crippen LogP contribution >= 0.6 is 12.4 Å². The van der Waals surface area contributed by atoms with Crippen LogP contribution in [0.25, 0.3) is 0 Å². The van der Waals surface area contributed by atoms with E-state index in [1.165, 1.54) is 12.3 Å². The SMILES string of the molecule is Cl.N#Cc1cccnc1S(=O)(=O)NCC1CCNCC1. The predicted molar refractivity (Wildman–Crippen MR) is 77.0 cm³/mol. The van der Waals surface area contributed by atoms with Crippen LogP contribution in [0.4, 0.5) is 0 Å². The van der Waals surface area contributed by atoms with Crippen molar-refractivity contribution in [2.24, 2.45) is 5.92 Å². The summed E-state index contributed by atoms with van der Waals surface area (Å²) in [6.07, 6.45) is 3.28. The molecular weight excluding hydrogens is 300 g/mol. The molecule has 20 heavy (non-hydrogen) atoms. The maximum absolute atomic E-state index is 12.1. The first-order chi connectivity index (χ1) is 9.13. The Balaban J connectivity index is 0.00000200. The minimum atomic E-state index is -3.71. The molecule has 0 atom stereocenters. The summed E-state index contributed by atoms with van der Waals surface area (Å²) in [5.41, 5.74) is 0.0697. The highest BCUT2D eigenvalue weighted by molar-refractivity contribution is 7.89. The molecular formula is C12H17ClN4O2S. The third-order valence-corrected chi connectivity index (χ3v) is 4.55. The van der Waals surface area contributed by atoms with E-state index >= 15 is 0 Å². The topological polar surface area (TPSA) is 94.9 Å². The molecule has 0 radical (unpaired) electrons. The lowest BCUT2D eigenvalue weighted by Gasteiger charge is -2.22. The highest BCUT2D eigenvalue weighted by Gasteiger charge is 2.22. The van der Waals surface area contributed by atoms with E-state index < -0.39 is 10.0 Å². The lowest BCUT2D eigenvalue weighted by Crippen LogP contribution is -2.36. The second kappa shape index (κ2) is 7.55. The fraction of sp³-hybridized carbons (Fsp3) is 0.500. The van der Waals surface area contributed by atoms with Gasteiger partial charge < -0.3 is 5.32 Å².